The predicted molar refractivity (Wildman–Crippen MR) is 60.4 cm³/mol. The molecule has 0 atom stereocenters. The molecule has 0 unspecified atom stereocenters. The highest BCUT2D eigenvalue weighted by Crippen LogP contribution is 2.33. The fraction of sp³-hybridized carbons (Fsp3) is 0.750. The van der Waals surface area contributed by atoms with Gasteiger partial charge in [0.25, 0.3) is 5.92 Å². The standard InChI is InChI=1S/C12H18F2N2O/c1-11(2,3)10-15-9(12(4,13)14)5-16(10)8-6-17-7-8/h5,8H,6-7H2,1-4H3. The van der Waals surface area contributed by atoms with Crippen LogP contribution in [0.1, 0.15) is 45.3 Å². The molecule has 1 aliphatic heterocycles. The van der Waals surface area contributed by atoms with Crippen molar-refractivity contribution in [2.45, 2.75) is 45.1 Å². The van der Waals surface area contributed by atoms with E-state index in [9.17, 15) is 8.78 Å². The predicted octanol–water partition coefficient (Wildman–Crippen LogP) is 2.86. The van der Waals surface area contributed by atoms with Gasteiger partial charge in [-0.05, 0) is 0 Å². The number of hydrogen-bond donors (Lipinski definition) is 0. The summed E-state index contributed by atoms with van der Waals surface area (Å²) in [5.74, 6) is -2.20. The van der Waals surface area contributed by atoms with Crippen LogP contribution in [0, 0.1) is 0 Å². The Hall–Kier alpha value is -0.970. The minimum absolute atomic E-state index is 0.146. The Kier molecular flexibility index (Phi) is 2.77. The highest BCUT2D eigenvalue weighted by atomic mass is 19.3. The summed E-state index contributed by atoms with van der Waals surface area (Å²) in [6, 6.07) is 0.146. The average molecular weight is 244 g/mol. The van der Waals surface area contributed by atoms with Gasteiger partial charge < -0.3 is 9.30 Å². The first kappa shape index (κ1) is 12.5. The van der Waals surface area contributed by atoms with Crippen molar-refractivity contribution < 1.29 is 13.5 Å². The van der Waals surface area contributed by atoms with E-state index in [-0.39, 0.29) is 17.2 Å². The first-order valence-corrected chi connectivity index (χ1v) is 5.75. The van der Waals surface area contributed by atoms with E-state index in [0.29, 0.717) is 19.0 Å². The Morgan fingerprint density at radius 2 is 1.88 bits per heavy atom. The van der Waals surface area contributed by atoms with Crippen LogP contribution in [0.25, 0.3) is 0 Å². The topological polar surface area (TPSA) is 27.1 Å². The minimum Gasteiger partial charge on any atom is -0.377 e. The molecule has 2 rings (SSSR count). The molecule has 1 aliphatic rings. The van der Waals surface area contributed by atoms with Gasteiger partial charge in [-0.15, -0.1) is 0 Å². The summed E-state index contributed by atoms with van der Waals surface area (Å²) < 4.78 is 33.6. The molecule has 17 heavy (non-hydrogen) atoms. The zero-order chi connectivity index (χ0) is 12.8. The summed E-state index contributed by atoms with van der Waals surface area (Å²) in [5.41, 5.74) is -0.409. The van der Waals surface area contributed by atoms with Gasteiger partial charge in [-0.3, -0.25) is 0 Å². The van der Waals surface area contributed by atoms with E-state index in [4.69, 9.17) is 4.74 Å². The van der Waals surface area contributed by atoms with Crippen LogP contribution in [0.2, 0.25) is 0 Å². The first-order chi connectivity index (χ1) is 7.69. The van der Waals surface area contributed by atoms with E-state index in [2.05, 4.69) is 4.98 Å². The van der Waals surface area contributed by atoms with Gasteiger partial charge in [-0.25, -0.2) is 4.98 Å². The molecule has 3 nitrogen and oxygen atoms in total. The number of halogens is 2. The quantitative estimate of drug-likeness (QED) is 0.799. The third kappa shape index (κ3) is 2.34. The molecule has 0 saturated carbocycles. The van der Waals surface area contributed by atoms with Crippen LogP contribution < -0.4 is 0 Å². The number of rotatable bonds is 2. The van der Waals surface area contributed by atoms with E-state index in [0.717, 1.165) is 6.92 Å². The first-order valence-electron chi connectivity index (χ1n) is 5.75. The Morgan fingerprint density at radius 1 is 1.29 bits per heavy atom. The molecule has 0 radical (unpaired) electrons. The molecule has 5 heteroatoms. The van der Waals surface area contributed by atoms with Crippen molar-refractivity contribution in [3.63, 3.8) is 0 Å². The van der Waals surface area contributed by atoms with E-state index in [1.807, 2.05) is 25.3 Å². The third-order valence-corrected chi connectivity index (χ3v) is 2.87. The summed E-state index contributed by atoms with van der Waals surface area (Å²) in [5, 5.41) is 0. The summed E-state index contributed by atoms with van der Waals surface area (Å²) >= 11 is 0. The molecular formula is C12H18F2N2O. The molecule has 96 valence electrons. The van der Waals surface area contributed by atoms with Gasteiger partial charge in [0.1, 0.15) is 11.5 Å². The molecule has 0 amide bonds. The summed E-state index contributed by atoms with van der Waals surface area (Å²) in [4.78, 5) is 4.11. The second-order valence-corrected chi connectivity index (χ2v) is 5.69. The van der Waals surface area contributed by atoms with Crippen molar-refractivity contribution in [2.75, 3.05) is 13.2 Å². The largest absolute Gasteiger partial charge is 0.377 e. The highest BCUT2D eigenvalue weighted by Gasteiger charge is 2.35. The Labute approximate surface area is 99.8 Å². The van der Waals surface area contributed by atoms with Crippen molar-refractivity contribution in [3.8, 4) is 0 Å². The molecule has 0 bridgehead atoms. The molecule has 0 aromatic carbocycles. The van der Waals surface area contributed by atoms with Crippen LogP contribution in [0.15, 0.2) is 6.20 Å². The lowest BCUT2D eigenvalue weighted by atomic mass is 9.95. The number of nitrogens with zero attached hydrogens (tertiary/aromatic N) is 2. The van der Waals surface area contributed by atoms with Gasteiger partial charge in [0.05, 0.1) is 19.3 Å². The summed E-state index contributed by atoms with van der Waals surface area (Å²) in [7, 11) is 0. The van der Waals surface area contributed by atoms with Crippen LogP contribution in [0.4, 0.5) is 8.78 Å². The minimum atomic E-state index is -2.89. The molecular weight excluding hydrogens is 226 g/mol. The maximum atomic E-state index is 13.3. The number of aromatic nitrogens is 2. The van der Waals surface area contributed by atoms with E-state index in [1.165, 1.54) is 6.20 Å². The van der Waals surface area contributed by atoms with Gasteiger partial charge in [0.15, 0.2) is 0 Å². The van der Waals surface area contributed by atoms with Gasteiger partial charge >= 0.3 is 0 Å². The fourth-order valence-electron chi connectivity index (χ4n) is 1.82. The van der Waals surface area contributed by atoms with Crippen LogP contribution in [0.3, 0.4) is 0 Å². The van der Waals surface area contributed by atoms with Crippen LogP contribution in [0.5, 0.6) is 0 Å². The molecule has 1 saturated heterocycles. The zero-order valence-corrected chi connectivity index (χ0v) is 10.6. The fourth-order valence-corrected chi connectivity index (χ4v) is 1.82. The average Bonchev–Trinajstić information content (AvgIpc) is 2.42. The Morgan fingerprint density at radius 3 is 2.24 bits per heavy atom. The molecule has 1 aromatic rings. The van der Waals surface area contributed by atoms with Crippen LogP contribution >= 0.6 is 0 Å². The van der Waals surface area contributed by atoms with E-state index < -0.39 is 5.92 Å². The lowest BCUT2D eigenvalue weighted by molar-refractivity contribution is -0.0259. The number of imidazole rings is 1. The molecule has 1 fully saturated rings. The normalized spacial score (nSPS) is 18.2. The second kappa shape index (κ2) is 3.77. The van der Waals surface area contributed by atoms with Crippen LogP contribution in [-0.4, -0.2) is 22.8 Å². The maximum Gasteiger partial charge on any atom is 0.288 e. The summed E-state index contributed by atoms with van der Waals surface area (Å²) in [6.45, 7) is 7.96. The second-order valence-electron chi connectivity index (χ2n) is 5.69. The zero-order valence-electron chi connectivity index (χ0n) is 10.6. The number of hydrogen-bond acceptors (Lipinski definition) is 2. The molecule has 1 aromatic heterocycles. The Balaban J connectivity index is 2.44. The lowest BCUT2D eigenvalue weighted by Crippen LogP contribution is -2.33. The molecule has 0 spiro atoms. The Bertz CT molecular complexity index is 411. The van der Waals surface area contributed by atoms with Crippen molar-refractivity contribution in [1.82, 2.24) is 9.55 Å². The van der Waals surface area contributed by atoms with E-state index >= 15 is 0 Å². The van der Waals surface area contributed by atoms with Gasteiger partial charge in [0.2, 0.25) is 0 Å². The number of alkyl halides is 2. The van der Waals surface area contributed by atoms with Gasteiger partial charge in [-0.2, -0.15) is 8.78 Å². The van der Waals surface area contributed by atoms with Crippen LogP contribution in [-0.2, 0) is 16.1 Å². The number of ether oxygens (including phenoxy) is 1. The SMILES string of the molecule is CC(C)(C)c1nc(C(C)(F)F)cn1C1COC1. The van der Waals surface area contributed by atoms with E-state index in [1.54, 1.807) is 0 Å². The maximum absolute atomic E-state index is 13.3. The monoisotopic (exact) mass is 244 g/mol. The van der Waals surface area contributed by atoms with Crippen molar-refractivity contribution in [1.29, 1.82) is 0 Å². The highest BCUT2D eigenvalue weighted by molar-refractivity contribution is 5.16. The van der Waals surface area contributed by atoms with Crippen molar-refractivity contribution in [2.24, 2.45) is 0 Å². The van der Waals surface area contributed by atoms with Crippen molar-refractivity contribution >= 4 is 0 Å². The molecule has 0 aliphatic carbocycles. The summed E-state index contributed by atoms with van der Waals surface area (Å²) in [6.07, 6.45) is 1.47. The lowest BCUT2D eigenvalue weighted by Gasteiger charge is -2.31. The molecule has 2 heterocycles. The smallest absolute Gasteiger partial charge is 0.288 e. The molecule has 0 N–H and O–H groups in total. The van der Waals surface area contributed by atoms with Crippen molar-refractivity contribution in [3.05, 3.63) is 17.7 Å². The van der Waals surface area contributed by atoms with Gasteiger partial charge in [-0.1, -0.05) is 20.8 Å². The van der Waals surface area contributed by atoms with Gasteiger partial charge in [0, 0.05) is 18.5 Å². The third-order valence-electron chi connectivity index (χ3n) is 2.87.